The Kier molecular flexibility index (Phi) is 7.79. The van der Waals surface area contributed by atoms with Crippen LogP contribution in [0.2, 0.25) is 10.0 Å². The van der Waals surface area contributed by atoms with Gasteiger partial charge >= 0.3 is 5.97 Å². The number of ether oxygens (including phenoxy) is 3. The first-order chi connectivity index (χ1) is 16.8. The number of carbonyl (C=O) groups is 1. The molecule has 5 nitrogen and oxygen atoms in total. The molecule has 0 aliphatic carbocycles. The van der Waals surface area contributed by atoms with Gasteiger partial charge < -0.3 is 14.2 Å². The van der Waals surface area contributed by atoms with Gasteiger partial charge in [-0.3, -0.25) is 0 Å². The molecule has 0 saturated heterocycles. The van der Waals surface area contributed by atoms with Crippen LogP contribution in [0.1, 0.15) is 48.9 Å². The van der Waals surface area contributed by atoms with E-state index in [1.165, 1.54) is 5.56 Å². The molecule has 0 atom stereocenters. The van der Waals surface area contributed by atoms with Crippen LogP contribution in [0.15, 0.2) is 71.4 Å². The lowest BCUT2D eigenvalue weighted by atomic mass is 10.0. The summed E-state index contributed by atoms with van der Waals surface area (Å²) in [5.41, 5.74) is 3.66. The third kappa shape index (κ3) is 6.05. The molecule has 35 heavy (non-hydrogen) atoms. The Hall–Kier alpha value is -3.28. The molecule has 3 aromatic carbocycles. The van der Waals surface area contributed by atoms with Crippen molar-refractivity contribution in [3.63, 3.8) is 0 Å². The third-order valence-electron chi connectivity index (χ3n) is 5.35. The van der Waals surface area contributed by atoms with Crippen molar-refractivity contribution < 1.29 is 19.0 Å². The first-order valence-electron chi connectivity index (χ1n) is 11.3. The Morgan fingerprint density at radius 1 is 1.03 bits per heavy atom. The van der Waals surface area contributed by atoms with Gasteiger partial charge in [0.25, 0.3) is 0 Å². The zero-order valence-corrected chi connectivity index (χ0v) is 21.2. The van der Waals surface area contributed by atoms with Gasteiger partial charge in [-0.2, -0.15) is 0 Å². The summed E-state index contributed by atoms with van der Waals surface area (Å²) < 4.78 is 17.1. The van der Waals surface area contributed by atoms with Gasteiger partial charge in [0.2, 0.25) is 5.90 Å². The highest BCUT2D eigenvalue weighted by atomic mass is 35.5. The summed E-state index contributed by atoms with van der Waals surface area (Å²) in [6, 6.07) is 18.7. The van der Waals surface area contributed by atoms with E-state index in [9.17, 15) is 4.79 Å². The van der Waals surface area contributed by atoms with E-state index in [-0.39, 0.29) is 18.2 Å². The summed E-state index contributed by atoms with van der Waals surface area (Å²) in [4.78, 5) is 16.9. The summed E-state index contributed by atoms with van der Waals surface area (Å²) in [5.74, 6) is 1.04. The highest BCUT2D eigenvalue weighted by Gasteiger charge is 2.24. The molecule has 0 fully saturated rings. The van der Waals surface area contributed by atoms with Crippen molar-refractivity contribution in [2.45, 2.75) is 33.3 Å². The summed E-state index contributed by atoms with van der Waals surface area (Å²) in [7, 11) is 0. The third-order valence-corrected chi connectivity index (χ3v) is 5.87. The van der Waals surface area contributed by atoms with Crippen LogP contribution in [0.4, 0.5) is 0 Å². The number of hydrogen-bond acceptors (Lipinski definition) is 5. The van der Waals surface area contributed by atoms with Crippen molar-refractivity contribution in [3.05, 3.63) is 98.7 Å². The van der Waals surface area contributed by atoms with Crippen molar-refractivity contribution in [2.75, 3.05) is 6.61 Å². The van der Waals surface area contributed by atoms with Crippen LogP contribution in [0.25, 0.3) is 6.08 Å². The SMILES string of the molecule is CCOc1cc(/C=C2\N=C(c3ccc(C(C)C)cc3)OC2=O)cc(Cl)c1OCc1cccc(Cl)c1. The molecule has 1 aliphatic heterocycles. The van der Waals surface area contributed by atoms with Gasteiger partial charge in [0.05, 0.1) is 11.6 Å². The van der Waals surface area contributed by atoms with E-state index >= 15 is 0 Å². The van der Waals surface area contributed by atoms with E-state index in [0.717, 1.165) is 11.1 Å². The standard InChI is InChI=1S/C28H25Cl2NO4/c1-4-33-25-15-19(13-23(30)26(25)34-16-18-6-5-7-22(29)12-18)14-24-28(32)35-27(31-24)21-10-8-20(9-11-21)17(2)3/h5-15,17H,4,16H2,1-3H3/b24-14-. The second kappa shape index (κ2) is 11.0. The molecule has 0 N–H and O–H groups in total. The molecular weight excluding hydrogens is 485 g/mol. The van der Waals surface area contributed by atoms with Crippen LogP contribution >= 0.6 is 23.2 Å². The van der Waals surface area contributed by atoms with Gasteiger partial charge in [0.15, 0.2) is 17.2 Å². The Bertz CT molecular complexity index is 1300. The minimum absolute atomic E-state index is 0.180. The largest absolute Gasteiger partial charge is 0.490 e. The number of esters is 1. The van der Waals surface area contributed by atoms with Crippen LogP contribution in [0.5, 0.6) is 11.5 Å². The fourth-order valence-electron chi connectivity index (χ4n) is 3.56. The Balaban J connectivity index is 1.59. The number of aliphatic imine (C=N–C) groups is 1. The number of carbonyl (C=O) groups excluding carboxylic acids is 1. The number of halogens is 2. The van der Waals surface area contributed by atoms with Gasteiger partial charge in [0, 0.05) is 10.6 Å². The number of nitrogens with zero attached hydrogens (tertiary/aromatic N) is 1. The lowest BCUT2D eigenvalue weighted by molar-refractivity contribution is -0.129. The zero-order valence-electron chi connectivity index (χ0n) is 19.7. The van der Waals surface area contributed by atoms with E-state index in [4.69, 9.17) is 37.4 Å². The van der Waals surface area contributed by atoms with Crippen LogP contribution in [-0.2, 0) is 16.1 Å². The van der Waals surface area contributed by atoms with Crippen molar-refractivity contribution in [3.8, 4) is 11.5 Å². The van der Waals surface area contributed by atoms with E-state index in [1.54, 1.807) is 24.3 Å². The zero-order chi connectivity index (χ0) is 24.9. The van der Waals surface area contributed by atoms with E-state index in [0.29, 0.717) is 39.6 Å². The first-order valence-corrected chi connectivity index (χ1v) is 12.1. The van der Waals surface area contributed by atoms with Crippen LogP contribution in [-0.4, -0.2) is 18.5 Å². The van der Waals surface area contributed by atoms with Crippen molar-refractivity contribution >= 4 is 41.1 Å². The average Bonchev–Trinajstić information content (AvgIpc) is 3.19. The second-order valence-electron chi connectivity index (χ2n) is 8.29. The highest BCUT2D eigenvalue weighted by Crippen LogP contribution is 2.38. The Morgan fingerprint density at radius 2 is 1.80 bits per heavy atom. The van der Waals surface area contributed by atoms with Crippen LogP contribution in [0.3, 0.4) is 0 Å². The normalized spacial score (nSPS) is 14.3. The van der Waals surface area contributed by atoms with Crippen molar-refractivity contribution in [1.82, 2.24) is 0 Å². The van der Waals surface area contributed by atoms with E-state index < -0.39 is 5.97 Å². The summed E-state index contributed by atoms with van der Waals surface area (Å²) in [6.45, 7) is 6.81. The molecule has 0 unspecified atom stereocenters. The molecule has 7 heteroatoms. The molecule has 0 saturated carbocycles. The average molecular weight is 510 g/mol. The smallest absolute Gasteiger partial charge is 0.363 e. The van der Waals surface area contributed by atoms with Crippen molar-refractivity contribution in [1.29, 1.82) is 0 Å². The minimum Gasteiger partial charge on any atom is -0.490 e. The van der Waals surface area contributed by atoms with Crippen LogP contribution < -0.4 is 9.47 Å². The molecule has 0 radical (unpaired) electrons. The molecule has 4 rings (SSSR count). The van der Waals surface area contributed by atoms with Gasteiger partial charge in [-0.25, -0.2) is 9.79 Å². The molecule has 0 bridgehead atoms. The fraction of sp³-hybridized carbons (Fsp3) is 0.214. The number of cyclic esters (lactones) is 1. The molecule has 1 heterocycles. The first kappa shape index (κ1) is 24.8. The Labute approximate surface area is 215 Å². The van der Waals surface area contributed by atoms with E-state index in [1.807, 2.05) is 49.4 Å². The molecular formula is C28H25Cl2NO4. The second-order valence-corrected chi connectivity index (χ2v) is 9.14. The van der Waals surface area contributed by atoms with Gasteiger partial charge in [-0.15, -0.1) is 0 Å². The molecule has 3 aromatic rings. The summed E-state index contributed by atoms with van der Waals surface area (Å²) in [6.07, 6.45) is 1.62. The van der Waals surface area contributed by atoms with Gasteiger partial charge in [-0.1, -0.05) is 61.3 Å². The molecule has 0 spiro atoms. The summed E-state index contributed by atoms with van der Waals surface area (Å²) >= 11 is 12.6. The lowest BCUT2D eigenvalue weighted by Crippen LogP contribution is -2.05. The predicted octanol–water partition coefficient (Wildman–Crippen LogP) is 7.44. The topological polar surface area (TPSA) is 57.1 Å². The molecule has 1 aliphatic rings. The lowest BCUT2D eigenvalue weighted by Gasteiger charge is -2.14. The maximum Gasteiger partial charge on any atom is 0.363 e. The quantitative estimate of drug-likeness (QED) is 0.234. The highest BCUT2D eigenvalue weighted by molar-refractivity contribution is 6.32. The minimum atomic E-state index is -0.525. The van der Waals surface area contributed by atoms with E-state index in [2.05, 4.69) is 18.8 Å². The van der Waals surface area contributed by atoms with Gasteiger partial charge in [0.1, 0.15) is 6.61 Å². The monoisotopic (exact) mass is 509 g/mol. The molecule has 0 aromatic heterocycles. The van der Waals surface area contributed by atoms with Crippen LogP contribution in [0, 0.1) is 0 Å². The maximum absolute atomic E-state index is 12.5. The number of hydrogen-bond donors (Lipinski definition) is 0. The Morgan fingerprint density at radius 3 is 2.49 bits per heavy atom. The summed E-state index contributed by atoms with van der Waals surface area (Å²) in [5, 5.41) is 0.980. The van der Waals surface area contributed by atoms with Gasteiger partial charge in [-0.05, 0) is 72.0 Å². The predicted molar refractivity (Wildman–Crippen MR) is 140 cm³/mol. The number of rotatable bonds is 8. The number of benzene rings is 3. The molecule has 0 amide bonds. The fourth-order valence-corrected chi connectivity index (χ4v) is 4.04. The maximum atomic E-state index is 12.5. The van der Waals surface area contributed by atoms with Crippen molar-refractivity contribution in [2.24, 2.45) is 4.99 Å². The molecule has 180 valence electrons.